The number of nitrogens with two attached hydrogens (primary N) is 1. The molecule has 0 heterocycles. The van der Waals surface area contributed by atoms with Gasteiger partial charge in [0.05, 0.1) is 7.11 Å². The molecule has 2 atom stereocenters. The first-order chi connectivity index (χ1) is 7.20. The molecule has 1 aliphatic rings. The third kappa shape index (κ3) is 2.42. The first kappa shape index (κ1) is 10.3. The van der Waals surface area contributed by atoms with Crippen LogP contribution in [-0.4, -0.2) is 13.2 Å². The van der Waals surface area contributed by atoms with Crippen LogP contribution in [-0.2, 0) is 6.54 Å². The van der Waals surface area contributed by atoms with Gasteiger partial charge in [-0.05, 0) is 24.0 Å². The molecule has 0 amide bonds. The van der Waals surface area contributed by atoms with Gasteiger partial charge in [-0.15, -0.1) is 0 Å². The van der Waals surface area contributed by atoms with Crippen molar-refractivity contribution in [3.8, 4) is 5.75 Å². The van der Waals surface area contributed by atoms with Crippen LogP contribution in [0.5, 0.6) is 5.75 Å². The summed E-state index contributed by atoms with van der Waals surface area (Å²) in [5, 5.41) is 3.48. The van der Waals surface area contributed by atoms with Gasteiger partial charge < -0.3 is 15.8 Å². The van der Waals surface area contributed by atoms with Crippen molar-refractivity contribution in [3.63, 3.8) is 0 Å². The Bertz CT molecular complexity index is 351. The van der Waals surface area contributed by atoms with Gasteiger partial charge in [0.2, 0.25) is 0 Å². The van der Waals surface area contributed by atoms with E-state index in [-0.39, 0.29) is 0 Å². The maximum Gasteiger partial charge on any atom is 0.120 e. The van der Waals surface area contributed by atoms with Crippen LogP contribution in [0.2, 0.25) is 0 Å². The van der Waals surface area contributed by atoms with Gasteiger partial charge in [0.25, 0.3) is 0 Å². The molecule has 3 nitrogen and oxygen atoms in total. The lowest BCUT2D eigenvalue weighted by molar-refractivity contribution is 0.415. The number of benzene rings is 1. The Balaban J connectivity index is 1.95. The van der Waals surface area contributed by atoms with Gasteiger partial charge in [0.1, 0.15) is 5.75 Å². The summed E-state index contributed by atoms with van der Waals surface area (Å²) >= 11 is 0. The highest BCUT2D eigenvalue weighted by Gasteiger charge is 2.31. The van der Waals surface area contributed by atoms with E-state index in [0.717, 1.165) is 29.5 Å². The first-order valence-corrected chi connectivity index (χ1v) is 5.36. The van der Waals surface area contributed by atoms with Crippen LogP contribution in [0.25, 0.3) is 0 Å². The molecule has 2 rings (SSSR count). The summed E-state index contributed by atoms with van der Waals surface area (Å²) in [6.07, 6.45) is 1.29. The molecule has 1 aromatic rings. The largest absolute Gasteiger partial charge is 0.497 e. The molecule has 1 fully saturated rings. The van der Waals surface area contributed by atoms with E-state index in [2.05, 4.69) is 12.2 Å². The fourth-order valence-electron chi connectivity index (χ4n) is 1.71. The van der Waals surface area contributed by atoms with Crippen molar-refractivity contribution in [2.45, 2.75) is 25.9 Å². The Hall–Kier alpha value is -1.22. The number of nitrogens with one attached hydrogen (secondary N) is 1. The topological polar surface area (TPSA) is 47.3 Å². The van der Waals surface area contributed by atoms with Crippen molar-refractivity contribution in [3.05, 3.63) is 23.8 Å². The van der Waals surface area contributed by atoms with Crippen LogP contribution in [0.1, 0.15) is 18.9 Å². The predicted octanol–water partition coefficient (Wildman–Crippen LogP) is 1.78. The van der Waals surface area contributed by atoms with E-state index < -0.39 is 0 Å². The Morgan fingerprint density at radius 1 is 1.53 bits per heavy atom. The van der Waals surface area contributed by atoms with E-state index in [4.69, 9.17) is 10.5 Å². The molecule has 0 spiro atoms. The number of anilines is 1. The predicted molar refractivity (Wildman–Crippen MR) is 61.8 cm³/mol. The summed E-state index contributed by atoms with van der Waals surface area (Å²) in [5.74, 6) is 1.64. The van der Waals surface area contributed by atoms with Gasteiger partial charge in [0.15, 0.2) is 0 Å². The van der Waals surface area contributed by atoms with Gasteiger partial charge >= 0.3 is 0 Å². The van der Waals surface area contributed by atoms with Crippen molar-refractivity contribution >= 4 is 5.69 Å². The monoisotopic (exact) mass is 206 g/mol. The maximum atomic E-state index is 5.92. The minimum atomic E-state index is 0.687. The third-order valence-corrected chi connectivity index (χ3v) is 3.02. The van der Waals surface area contributed by atoms with Crippen molar-refractivity contribution in [2.24, 2.45) is 5.92 Å². The summed E-state index contributed by atoms with van der Waals surface area (Å²) in [6.45, 7) is 3.11. The molecule has 0 bridgehead atoms. The quantitative estimate of drug-likeness (QED) is 0.738. The Kier molecular flexibility index (Phi) is 2.82. The Labute approximate surface area is 90.6 Å². The van der Waals surface area contributed by atoms with Gasteiger partial charge in [-0.2, -0.15) is 0 Å². The highest BCUT2D eigenvalue weighted by Crippen LogP contribution is 2.29. The van der Waals surface area contributed by atoms with Gasteiger partial charge in [-0.25, -0.2) is 0 Å². The Morgan fingerprint density at radius 2 is 2.27 bits per heavy atom. The minimum Gasteiger partial charge on any atom is -0.497 e. The second-order valence-corrected chi connectivity index (χ2v) is 4.27. The van der Waals surface area contributed by atoms with Crippen molar-refractivity contribution in [2.75, 3.05) is 12.8 Å². The maximum absolute atomic E-state index is 5.92. The first-order valence-electron chi connectivity index (χ1n) is 5.36. The summed E-state index contributed by atoms with van der Waals surface area (Å²) in [7, 11) is 1.65. The zero-order valence-corrected chi connectivity index (χ0v) is 9.29. The molecule has 0 aliphatic heterocycles. The number of nitrogen functional groups attached to an aromatic ring is 1. The number of rotatable bonds is 4. The van der Waals surface area contributed by atoms with Crippen LogP contribution in [0, 0.1) is 5.92 Å². The smallest absolute Gasteiger partial charge is 0.120 e. The molecule has 82 valence electrons. The molecule has 2 unspecified atom stereocenters. The standard InChI is InChI=1S/C12H18N2O/c1-8-5-12(8)14-7-9-3-4-10(15-2)6-11(9)13/h3-4,6,8,12,14H,5,7,13H2,1-2H3. The lowest BCUT2D eigenvalue weighted by Gasteiger charge is -2.08. The van der Waals surface area contributed by atoms with Gasteiger partial charge in [0, 0.05) is 24.3 Å². The fraction of sp³-hybridized carbons (Fsp3) is 0.500. The molecule has 1 saturated carbocycles. The molecule has 0 saturated heterocycles. The van der Waals surface area contributed by atoms with Crippen LogP contribution in [0.15, 0.2) is 18.2 Å². The highest BCUT2D eigenvalue weighted by molar-refractivity contribution is 5.51. The molecular formula is C12H18N2O. The molecule has 3 heteroatoms. The molecule has 0 aromatic heterocycles. The van der Waals surface area contributed by atoms with E-state index in [1.165, 1.54) is 6.42 Å². The van der Waals surface area contributed by atoms with E-state index in [1.54, 1.807) is 7.11 Å². The normalized spacial score (nSPS) is 23.9. The Morgan fingerprint density at radius 3 is 2.80 bits per heavy atom. The fourth-order valence-corrected chi connectivity index (χ4v) is 1.71. The number of hydrogen-bond donors (Lipinski definition) is 2. The molecule has 15 heavy (non-hydrogen) atoms. The van der Waals surface area contributed by atoms with Gasteiger partial charge in [-0.1, -0.05) is 13.0 Å². The zero-order valence-electron chi connectivity index (χ0n) is 9.29. The van der Waals surface area contributed by atoms with Gasteiger partial charge in [-0.3, -0.25) is 0 Å². The average Bonchev–Trinajstić information content (AvgIpc) is 2.93. The van der Waals surface area contributed by atoms with Crippen LogP contribution in [0.3, 0.4) is 0 Å². The SMILES string of the molecule is COc1ccc(CNC2CC2C)c(N)c1. The van der Waals surface area contributed by atoms with E-state index in [9.17, 15) is 0 Å². The lowest BCUT2D eigenvalue weighted by atomic mass is 10.1. The second-order valence-electron chi connectivity index (χ2n) is 4.27. The number of hydrogen-bond acceptors (Lipinski definition) is 3. The number of ether oxygens (including phenoxy) is 1. The van der Waals surface area contributed by atoms with Crippen molar-refractivity contribution < 1.29 is 4.74 Å². The number of methoxy groups -OCH3 is 1. The molecular weight excluding hydrogens is 188 g/mol. The zero-order chi connectivity index (χ0) is 10.8. The highest BCUT2D eigenvalue weighted by atomic mass is 16.5. The molecule has 1 aliphatic carbocycles. The summed E-state index contributed by atoms with van der Waals surface area (Å²) in [5.41, 5.74) is 7.87. The lowest BCUT2D eigenvalue weighted by Crippen LogP contribution is -2.17. The molecule has 1 aromatic carbocycles. The minimum absolute atomic E-state index is 0.687. The second kappa shape index (κ2) is 4.11. The van der Waals surface area contributed by atoms with Crippen molar-refractivity contribution in [1.29, 1.82) is 0 Å². The summed E-state index contributed by atoms with van der Waals surface area (Å²) in [4.78, 5) is 0. The van der Waals surface area contributed by atoms with Crippen molar-refractivity contribution in [1.82, 2.24) is 5.32 Å². The third-order valence-electron chi connectivity index (χ3n) is 3.02. The van der Waals surface area contributed by atoms with Crippen LogP contribution < -0.4 is 15.8 Å². The van der Waals surface area contributed by atoms with Crippen LogP contribution >= 0.6 is 0 Å². The average molecular weight is 206 g/mol. The van der Waals surface area contributed by atoms with E-state index in [1.807, 2.05) is 18.2 Å². The molecule has 0 radical (unpaired) electrons. The molecule has 3 N–H and O–H groups in total. The van der Waals surface area contributed by atoms with E-state index >= 15 is 0 Å². The van der Waals surface area contributed by atoms with Crippen LogP contribution in [0.4, 0.5) is 5.69 Å². The summed E-state index contributed by atoms with van der Waals surface area (Å²) in [6, 6.07) is 6.53. The van der Waals surface area contributed by atoms with E-state index in [0.29, 0.717) is 6.04 Å². The summed E-state index contributed by atoms with van der Waals surface area (Å²) < 4.78 is 5.10.